The number of rotatable bonds is 3. The van der Waals surface area contributed by atoms with Crippen LogP contribution >= 0.6 is 0 Å². The molecule has 3 nitrogen and oxygen atoms in total. The highest BCUT2D eigenvalue weighted by atomic mass is 16.2. The highest BCUT2D eigenvalue weighted by molar-refractivity contribution is 5.83. The molecule has 1 aromatic carbocycles. The molecule has 0 aliphatic heterocycles. The Morgan fingerprint density at radius 2 is 2.20 bits per heavy atom. The summed E-state index contributed by atoms with van der Waals surface area (Å²) in [7, 11) is 0. The first-order valence-corrected chi connectivity index (χ1v) is 4.99. The van der Waals surface area contributed by atoms with Crippen LogP contribution in [-0.4, -0.2) is 12.1 Å². The van der Waals surface area contributed by atoms with Crippen molar-refractivity contribution < 1.29 is 4.79 Å². The highest BCUT2D eigenvalue weighted by Gasteiger charge is 2.03. The Labute approximate surface area is 90.2 Å². The second kappa shape index (κ2) is 5.29. The summed E-state index contributed by atoms with van der Waals surface area (Å²) in [6.07, 6.45) is 1.65. The van der Waals surface area contributed by atoms with Gasteiger partial charge in [-0.25, -0.2) is 5.43 Å². The normalized spacial score (nSPS) is 10.9. The average molecular weight is 204 g/mol. The van der Waals surface area contributed by atoms with E-state index in [9.17, 15) is 4.79 Å². The van der Waals surface area contributed by atoms with Crippen LogP contribution in [0.25, 0.3) is 0 Å². The molecule has 0 unspecified atom stereocenters. The number of nitrogens with zero attached hydrogens (tertiary/aromatic N) is 1. The molecule has 1 aromatic rings. The van der Waals surface area contributed by atoms with E-state index in [0.29, 0.717) is 0 Å². The lowest BCUT2D eigenvalue weighted by Gasteiger charge is -2.01. The first kappa shape index (κ1) is 11.4. The zero-order valence-electron chi connectivity index (χ0n) is 9.32. The van der Waals surface area contributed by atoms with Crippen LogP contribution in [0, 0.1) is 12.8 Å². The molecule has 80 valence electrons. The van der Waals surface area contributed by atoms with E-state index in [2.05, 4.69) is 10.5 Å². The molecule has 0 saturated heterocycles. The van der Waals surface area contributed by atoms with Gasteiger partial charge in [0.15, 0.2) is 0 Å². The fourth-order valence-corrected chi connectivity index (χ4v) is 1.05. The fourth-order valence-electron chi connectivity index (χ4n) is 1.05. The Morgan fingerprint density at radius 3 is 2.80 bits per heavy atom. The van der Waals surface area contributed by atoms with Crippen LogP contribution < -0.4 is 5.43 Å². The predicted molar refractivity (Wildman–Crippen MR) is 61.8 cm³/mol. The predicted octanol–water partition coefficient (Wildman–Crippen LogP) is 2.10. The van der Waals surface area contributed by atoms with Gasteiger partial charge >= 0.3 is 0 Å². The third kappa shape index (κ3) is 3.94. The van der Waals surface area contributed by atoms with Gasteiger partial charge in [0, 0.05) is 5.92 Å². The zero-order chi connectivity index (χ0) is 11.3. The standard InChI is InChI=1S/C12H16N2O/c1-9(2)12(15)14-13-8-11-6-4-5-10(3)7-11/h4-9H,1-3H3,(H,14,15)/b13-8+. The maximum Gasteiger partial charge on any atom is 0.242 e. The molecule has 0 fully saturated rings. The van der Waals surface area contributed by atoms with Gasteiger partial charge in [-0.2, -0.15) is 5.10 Å². The first-order valence-electron chi connectivity index (χ1n) is 4.99. The first-order chi connectivity index (χ1) is 7.09. The fraction of sp³-hybridized carbons (Fsp3) is 0.333. The van der Waals surface area contributed by atoms with Gasteiger partial charge in [-0.1, -0.05) is 43.7 Å². The van der Waals surface area contributed by atoms with E-state index in [4.69, 9.17) is 0 Å². The van der Waals surface area contributed by atoms with Crippen molar-refractivity contribution in [2.45, 2.75) is 20.8 Å². The number of hydrogen-bond donors (Lipinski definition) is 1. The van der Waals surface area contributed by atoms with Crippen molar-refractivity contribution in [3.63, 3.8) is 0 Å². The summed E-state index contributed by atoms with van der Waals surface area (Å²) in [5.41, 5.74) is 4.64. The number of nitrogens with one attached hydrogen (secondary N) is 1. The third-order valence-electron chi connectivity index (χ3n) is 1.95. The molecule has 0 aromatic heterocycles. The summed E-state index contributed by atoms with van der Waals surface area (Å²) in [4.78, 5) is 11.2. The summed E-state index contributed by atoms with van der Waals surface area (Å²) in [5, 5.41) is 3.88. The number of carbonyl (C=O) groups excluding carboxylic acids is 1. The minimum absolute atomic E-state index is 0.0420. The van der Waals surface area contributed by atoms with Crippen LogP contribution in [-0.2, 0) is 4.79 Å². The second-order valence-electron chi connectivity index (χ2n) is 3.80. The Balaban J connectivity index is 2.55. The van der Waals surface area contributed by atoms with E-state index < -0.39 is 0 Å². The quantitative estimate of drug-likeness (QED) is 0.594. The summed E-state index contributed by atoms with van der Waals surface area (Å²) < 4.78 is 0. The number of aryl methyl sites for hydroxylation is 1. The minimum Gasteiger partial charge on any atom is -0.273 e. The van der Waals surface area contributed by atoms with Gasteiger partial charge in [0.05, 0.1) is 6.21 Å². The summed E-state index contributed by atoms with van der Waals surface area (Å²) in [6, 6.07) is 7.92. The molecule has 1 rings (SSSR count). The van der Waals surface area contributed by atoms with Crippen LogP contribution in [0.15, 0.2) is 29.4 Å². The van der Waals surface area contributed by atoms with Crippen molar-refractivity contribution in [1.82, 2.24) is 5.43 Å². The Bertz CT molecular complexity index is 370. The van der Waals surface area contributed by atoms with E-state index in [1.165, 1.54) is 5.56 Å². The number of amides is 1. The van der Waals surface area contributed by atoms with E-state index in [-0.39, 0.29) is 11.8 Å². The van der Waals surface area contributed by atoms with Crippen molar-refractivity contribution >= 4 is 12.1 Å². The number of hydrogen-bond acceptors (Lipinski definition) is 2. The molecule has 0 atom stereocenters. The molecule has 0 heterocycles. The largest absolute Gasteiger partial charge is 0.273 e. The SMILES string of the molecule is Cc1cccc(/C=N/NC(=O)C(C)C)c1. The summed E-state index contributed by atoms with van der Waals surface area (Å²) in [5.74, 6) is -0.112. The molecular weight excluding hydrogens is 188 g/mol. The number of benzene rings is 1. The van der Waals surface area contributed by atoms with E-state index in [1.807, 2.05) is 45.0 Å². The molecule has 1 N–H and O–H groups in total. The van der Waals surface area contributed by atoms with Gasteiger partial charge in [0.2, 0.25) is 5.91 Å². The van der Waals surface area contributed by atoms with Gasteiger partial charge in [0.25, 0.3) is 0 Å². The molecular formula is C12H16N2O. The Hall–Kier alpha value is -1.64. The Kier molecular flexibility index (Phi) is 4.03. The van der Waals surface area contributed by atoms with Crippen molar-refractivity contribution in [2.75, 3.05) is 0 Å². The van der Waals surface area contributed by atoms with Crippen LogP contribution in [0.5, 0.6) is 0 Å². The van der Waals surface area contributed by atoms with Gasteiger partial charge in [-0.3, -0.25) is 4.79 Å². The third-order valence-corrected chi connectivity index (χ3v) is 1.95. The van der Waals surface area contributed by atoms with Crippen LogP contribution in [0.2, 0.25) is 0 Å². The summed E-state index contributed by atoms with van der Waals surface area (Å²) in [6.45, 7) is 5.68. The molecule has 1 amide bonds. The number of hydrazone groups is 1. The van der Waals surface area contributed by atoms with Gasteiger partial charge in [0.1, 0.15) is 0 Å². The average Bonchev–Trinajstić information content (AvgIpc) is 2.17. The van der Waals surface area contributed by atoms with Crippen LogP contribution in [0.4, 0.5) is 0 Å². The van der Waals surface area contributed by atoms with Crippen molar-refractivity contribution in [3.8, 4) is 0 Å². The lowest BCUT2D eigenvalue weighted by atomic mass is 10.2. The molecule has 3 heteroatoms. The van der Waals surface area contributed by atoms with Gasteiger partial charge in [-0.05, 0) is 12.5 Å². The highest BCUT2D eigenvalue weighted by Crippen LogP contribution is 2.00. The Morgan fingerprint density at radius 1 is 1.47 bits per heavy atom. The molecule has 0 saturated carbocycles. The van der Waals surface area contributed by atoms with E-state index in [1.54, 1.807) is 6.21 Å². The molecule has 15 heavy (non-hydrogen) atoms. The van der Waals surface area contributed by atoms with Crippen LogP contribution in [0.1, 0.15) is 25.0 Å². The molecule has 0 radical (unpaired) electrons. The topological polar surface area (TPSA) is 41.5 Å². The van der Waals surface area contributed by atoms with Crippen molar-refractivity contribution in [3.05, 3.63) is 35.4 Å². The second-order valence-corrected chi connectivity index (χ2v) is 3.80. The zero-order valence-corrected chi connectivity index (χ0v) is 9.32. The molecule has 0 aliphatic rings. The van der Waals surface area contributed by atoms with E-state index >= 15 is 0 Å². The lowest BCUT2D eigenvalue weighted by molar-refractivity contribution is -0.123. The minimum atomic E-state index is -0.0705. The van der Waals surface area contributed by atoms with Crippen molar-refractivity contribution in [1.29, 1.82) is 0 Å². The lowest BCUT2D eigenvalue weighted by Crippen LogP contribution is -2.22. The maximum atomic E-state index is 11.2. The molecule has 0 aliphatic carbocycles. The summed E-state index contributed by atoms with van der Waals surface area (Å²) >= 11 is 0. The van der Waals surface area contributed by atoms with Gasteiger partial charge in [-0.15, -0.1) is 0 Å². The monoisotopic (exact) mass is 204 g/mol. The maximum absolute atomic E-state index is 11.2. The molecule has 0 spiro atoms. The molecule has 0 bridgehead atoms. The number of carbonyl (C=O) groups is 1. The van der Waals surface area contributed by atoms with Crippen molar-refractivity contribution in [2.24, 2.45) is 11.0 Å². The van der Waals surface area contributed by atoms with Gasteiger partial charge < -0.3 is 0 Å². The van der Waals surface area contributed by atoms with E-state index in [0.717, 1.165) is 5.56 Å². The smallest absolute Gasteiger partial charge is 0.242 e. The van der Waals surface area contributed by atoms with Crippen LogP contribution in [0.3, 0.4) is 0 Å².